The zero-order chi connectivity index (χ0) is 40.7. The summed E-state index contributed by atoms with van der Waals surface area (Å²) in [6, 6.07) is 21.6. The van der Waals surface area contributed by atoms with E-state index in [1.807, 2.05) is 6.07 Å². The number of carbonyl (C=O) groups excluding carboxylic acids is 3. The molecule has 58 heavy (non-hydrogen) atoms. The number of rotatable bonds is 14. The topological polar surface area (TPSA) is 210 Å². The Morgan fingerprint density at radius 3 is 1.76 bits per heavy atom. The molecule has 3 aromatic carbocycles. The number of hydrogen-bond acceptors (Lipinski definition) is 11. The van der Waals surface area contributed by atoms with E-state index in [2.05, 4.69) is 35.8 Å². The summed E-state index contributed by atoms with van der Waals surface area (Å²) >= 11 is 0. The van der Waals surface area contributed by atoms with Crippen molar-refractivity contribution in [2.24, 2.45) is 11.8 Å². The Balaban J connectivity index is 0.000000257. The first kappa shape index (κ1) is 45.2. The number of hydrogen-bond donors (Lipinski definition) is 2. The normalized spacial score (nSPS) is 17.0. The van der Waals surface area contributed by atoms with Gasteiger partial charge in [0.2, 0.25) is 18.1 Å². The van der Waals surface area contributed by atoms with Crippen LogP contribution in [0.1, 0.15) is 65.8 Å². The number of carboxylic acids is 2. The predicted molar refractivity (Wildman–Crippen MR) is 211 cm³/mol. The fraction of sp³-hybridized carbons (Fsp3) is 0.465. The lowest BCUT2D eigenvalue weighted by molar-refractivity contribution is -0.166. The fourth-order valence-corrected chi connectivity index (χ4v) is 7.17. The number of nitrogens with zero attached hydrogens (tertiary/aromatic N) is 2. The van der Waals surface area contributed by atoms with E-state index in [0.717, 1.165) is 83.0 Å². The van der Waals surface area contributed by atoms with Crippen LogP contribution >= 0.6 is 0 Å². The molecule has 15 heteroatoms. The minimum atomic E-state index is -2.21. The van der Waals surface area contributed by atoms with Gasteiger partial charge in [0.1, 0.15) is 13.2 Å². The quantitative estimate of drug-likeness (QED) is 0.220. The van der Waals surface area contributed by atoms with Crippen LogP contribution < -0.4 is 9.47 Å². The largest absolute Gasteiger partial charge is 0.486 e. The van der Waals surface area contributed by atoms with E-state index < -0.39 is 36.1 Å². The highest BCUT2D eigenvalue weighted by molar-refractivity contribution is 5.95. The highest BCUT2D eigenvalue weighted by atomic mass is 16.6. The van der Waals surface area contributed by atoms with Crippen molar-refractivity contribution in [2.45, 2.75) is 64.2 Å². The average molecular weight is 807 g/mol. The van der Waals surface area contributed by atoms with Crippen LogP contribution in [-0.2, 0) is 35.0 Å². The molecular formula is C43H54N2O13. The third-order valence-corrected chi connectivity index (χ3v) is 10.4. The molecule has 2 saturated heterocycles. The number of likely N-dealkylation sites (tertiary alicyclic amines) is 1. The molecule has 1 amide bonds. The van der Waals surface area contributed by atoms with E-state index in [9.17, 15) is 34.2 Å². The van der Waals surface area contributed by atoms with Gasteiger partial charge in [-0.3, -0.25) is 4.79 Å². The highest BCUT2D eigenvalue weighted by Crippen LogP contribution is 2.32. The zero-order valence-corrected chi connectivity index (χ0v) is 33.0. The Morgan fingerprint density at radius 2 is 1.26 bits per heavy atom. The van der Waals surface area contributed by atoms with Gasteiger partial charge in [-0.05, 0) is 93.5 Å². The predicted octanol–water partition coefficient (Wildman–Crippen LogP) is 4.16. The number of fused-ring (bicyclic) bond motifs is 1. The van der Waals surface area contributed by atoms with Crippen LogP contribution in [0.2, 0.25) is 0 Å². The lowest BCUT2D eigenvalue weighted by atomic mass is 9.92. The molecule has 0 spiro atoms. The Hall–Kier alpha value is -5.51. The molecule has 4 N–H and O–H groups in total. The van der Waals surface area contributed by atoms with Gasteiger partial charge in [0, 0.05) is 44.8 Å². The summed E-state index contributed by atoms with van der Waals surface area (Å²) in [5.41, 5.74) is 1.35. The first-order chi connectivity index (χ1) is 27.5. The van der Waals surface area contributed by atoms with Crippen molar-refractivity contribution in [3.8, 4) is 11.5 Å². The highest BCUT2D eigenvalue weighted by Gasteiger charge is 2.41. The lowest BCUT2D eigenvalue weighted by Crippen LogP contribution is -2.46. The van der Waals surface area contributed by atoms with Gasteiger partial charge in [-0.2, -0.15) is 0 Å². The van der Waals surface area contributed by atoms with E-state index in [1.54, 1.807) is 12.1 Å². The van der Waals surface area contributed by atoms with Gasteiger partial charge < -0.3 is 49.2 Å². The number of amides is 1. The molecule has 6 rings (SSSR count). The molecule has 2 fully saturated rings. The van der Waals surface area contributed by atoms with Crippen molar-refractivity contribution in [3.63, 3.8) is 0 Å². The number of aliphatic carboxylic acids is 2. The average Bonchev–Trinajstić information content (AvgIpc) is 3.24. The third kappa shape index (κ3) is 12.7. The molecule has 0 aromatic heterocycles. The monoisotopic (exact) mass is 806 g/mol. The molecule has 3 aliphatic rings. The summed E-state index contributed by atoms with van der Waals surface area (Å²) in [6.45, 7) is 11.3. The fourth-order valence-electron chi connectivity index (χ4n) is 7.17. The van der Waals surface area contributed by atoms with Crippen LogP contribution in [-0.4, -0.2) is 126 Å². The number of piperidine rings is 1. The maximum atomic E-state index is 12.8. The Bertz CT molecular complexity index is 1720. The van der Waals surface area contributed by atoms with E-state index >= 15 is 0 Å². The van der Waals surface area contributed by atoms with Gasteiger partial charge in [-0.25, -0.2) is 19.2 Å². The van der Waals surface area contributed by atoms with Gasteiger partial charge in [-0.1, -0.05) is 49.4 Å². The number of likely N-dealkylation sites (N-methyl/N-ethyl adjacent to an activating group) is 1. The van der Waals surface area contributed by atoms with Gasteiger partial charge in [0.05, 0.1) is 11.1 Å². The Morgan fingerprint density at radius 1 is 0.741 bits per heavy atom. The molecule has 3 atom stereocenters. The van der Waals surface area contributed by atoms with E-state index in [1.165, 1.54) is 54.1 Å². The molecule has 0 bridgehead atoms. The van der Waals surface area contributed by atoms with Gasteiger partial charge in [0.15, 0.2) is 11.5 Å². The number of carboxylic acid groups (broad SMARTS) is 2. The molecule has 0 aliphatic carbocycles. The molecular weight excluding hydrogens is 752 g/mol. The second kappa shape index (κ2) is 22.4. The second-order valence-corrected chi connectivity index (χ2v) is 14.3. The van der Waals surface area contributed by atoms with Crippen molar-refractivity contribution in [3.05, 3.63) is 95.6 Å². The zero-order valence-electron chi connectivity index (χ0n) is 33.0. The maximum absolute atomic E-state index is 12.8. The molecule has 0 saturated carbocycles. The van der Waals surface area contributed by atoms with Crippen LogP contribution in [0.4, 0.5) is 0 Å². The van der Waals surface area contributed by atoms with Crippen molar-refractivity contribution in [2.75, 3.05) is 52.6 Å². The summed E-state index contributed by atoms with van der Waals surface area (Å²) in [6.07, 6.45) is 0.580. The first-order valence-corrected chi connectivity index (χ1v) is 19.5. The molecule has 15 nitrogen and oxygen atoms in total. The third-order valence-electron chi connectivity index (χ3n) is 10.4. The van der Waals surface area contributed by atoms with Gasteiger partial charge in [-0.15, -0.1) is 0 Å². The molecule has 3 aromatic rings. The van der Waals surface area contributed by atoms with E-state index in [-0.39, 0.29) is 22.5 Å². The van der Waals surface area contributed by atoms with E-state index in [4.69, 9.17) is 23.7 Å². The molecule has 3 heterocycles. The van der Waals surface area contributed by atoms with E-state index in [0.29, 0.717) is 31.1 Å². The Kier molecular flexibility index (Phi) is 17.5. The van der Waals surface area contributed by atoms with Crippen molar-refractivity contribution in [1.29, 1.82) is 0 Å². The summed E-state index contributed by atoms with van der Waals surface area (Å²) in [7, 11) is 0. The molecule has 3 aliphatic heterocycles. The van der Waals surface area contributed by atoms with Crippen LogP contribution in [0, 0.1) is 11.8 Å². The molecule has 1 unspecified atom stereocenters. The summed E-state index contributed by atoms with van der Waals surface area (Å²) < 4.78 is 26.3. The first-order valence-electron chi connectivity index (χ1n) is 19.5. The van der Waals surface area contributed by atoms with Crippen LogP contribution in [0.3, 0.4) is 0 Å². The van der Waals surface area contributed by atoms with Gasteiger partial charge in [0.25, 0.3) is 0 Å². The minimum Gasteiger partial charge on any atom is -0.486 e. The summed E-state index contributed by atoms with van der Waals surface area (Å²) in [5.74, 6) is -2.69. The minimum absolute atomic E-state index is 0. The van der Waals surface area contributed by atoms with Crippen LogP contribution in [0.5, 0.6) is 11.5 Å². The summed E-state index contributed by atoms with van der Waals surface area (Å²) in [4.78, 5) is 64.3. The van der Waals surface area contributed by atoms with Crippen molar-refractivity contribution in [1.82, 2.24) is 9.80 Å². The molecule has 0 radical (unpaired) electrons. The number of ether oxygens (including phenoxy) is 5. The standard InChI is InChI=1S/C25H38N2O4.C18H14O8.H2O/c1-3-26(19(2)16-21-4-5-23-24(17-21)31-15-14-30-23)18-20-6-10-27(11-7-20)25(28)22-8-12-29-13-9-22;19-15(20)13(25-17(23)11-7-3-1-4-8-11)14(16(21)22)26-18(24)12-9-5-2-6-10-12;/h4-5,17,19-20,22H,3,6-16,18H2,1-2H3;1-10,13-14H,(H,19,20)(H,21,22);1H2/t;13-,14-;/m.1./s1. The maximum Gasteiger partial charge on any atom is 0.349 e. The SMILES string of the molecule is CCN(CC1CCN(C(=O)C2CCOCC2)CC1)C(C)Cc1ccc2c(c1)OCCO2.O.O=C(O[C@@H](C(=O)O)[C@@H](OC(=O)c1ccccc1)C(=O)O)c1ccccc1. The Labute approximate surface area is 338 Å². The number of carbonyl (C=O) groups is 5. The second-order valence-electron chi connectivity index (χ2n) is 14.3. The van der Waals surface area contributed by atoms with Crippen LogP contribution in [0.15, 0.2) is 78.9 Å². The summed E-state index contributed by atoms with van der Waals surface area (Å²) in [5, 5.41) is 18.5. The van der Waals surface area contributed by atoms with Crippen molar-refractivity contribution >= 4 is 29.8 Å². The number of esters is 2. The van der Waals surface area contributed by atoms with Crippen LogP contribution in [0.25, 0.3) is 0 Å². The lowest BCUT2D eigenvalue weighted by Gasteiger charge is -2.38. The smallest absolute Gasteiger partial charge is 0.349 e. The van der Waals surface area contributed by atoms with Crippen molar-refractivity contribution < 1.29 is 63.3 Å². The number of benzene rings is 3. The van der Waals surface area contributed by atoms with Gasteiger partial charge >= 0.3 is 23.9 Å². The molecule has 314 valence electrons.